The second kappa shape index (κ2) is 6.26. The molecule has 0 aliphatic carbocycles. The zero-order chi connectivity index (χ0) is 19.2. The number of ether oxygens (including phenoxy) is 3. The lowest BCUT2D eigenvalue weighted by molar-refractivity contribution is -0.144. The average molecular weight is 380 g/mol. The van der Waals surface area contributed by atoms with Gasteiger partial charge in [-0.15, -0.1) is 0 Å². The molecule has 0 unspecified atom stereocenters. The van der Waals surface area contributed by atoms with Crippen LogP contribution >= 0.6 is 0 Å². The molecule has 0 fully saturated rings. The van der Waals surface area contributed by atoms with E-state index in [0.717, 1.165) is 4.90 Å². The summed E-state index contributed by atoms with van der Waals surface area (Å²) in [6, 6.07) is 9.53. The Morgan fingerprint density at radius 2 is 2.04 bits per heavy atom. The summed E-state index contributed by atoms with van der Waals surface area (Å²) >= 11 is 0. The third-order valence-electron chi connectivity index (χ3n) is 4.37. The summed E-state index contributed by atoms with van der Waals surface area (Å²) in [5.74, 6) is 0.346. The molecule has 2 aromatic carbocycles. The van der Waals surface area contributed by atoms with E-state index < -0.39 is 24.8 Å². The smallest absolute Gasteiger partial charge is 0.406 e. The average Bonchev–Trinajstić information content (AvgIpc) is 3.11. The number of halogens is 3. The van der Waals surface area contributed by atoms with Gasteiger partial charge in [-0.25, -0.2) is 0 Å². The van der Waals surface area contributed by atoms with E-state index in [4.69, 9.17) is 14.2 Å². The van der Waals surface area contributed by atoms with Crippen molar-refractivity contribution in [3.8, 4) is 17.2 Å². The molecule has 6 nitrogen and oxygen atoms in total. The summed E-state index contributed by atoms with van der Waals surface area (Å²) in [6.07, 6.45) is -5.60. The van der Waals surface area contributed by atoms with Crippen molar-refractivity contribution in [1.29, 1.82) is 0 Å². The third kappa shape index (κ3) is 3.09. The van der Waals surface area contributed by atoms with Crippen LogP contribution in [0, 0.1) is 0 Å². The lowest BCUT2D eigenvalue weighted by Gasteiger charge is -2.38. The Balaban J connectivity index is 1.81. The van der Waals surface area contributed by atoms with Crippen molar-refractivity contribution in [2.75, 3.05) is 25.8 Å². The number of rotatable bonds is 3. The highest BCUT2D eigenvalue weighted by Gasteiger charge is 2.41. The lowest BCUT2D eigenvalue weighted by Crippen LogP contribution is -2.47. The van der Waals surface area contributed by atoms with Gasteiger partial charge < -0.3 is 24.4 Å². The highest BCUT2D eigenvalue weighted by Crippen LogP contribution is 2.45. The van der Waals surface area contributed by atoms with Crippen molar-refractivity contribution in [2.45, 2.75) is 12.3 Å². The Hall–Kier alpha value is -3.10. The molecule has 27 heavy (non-hydrogen) atoms. The zero-order valence-corrected chi connectivity index (χ0v) is 14.2. The summed E-state index contributed by atoms with van der Waals surface area (Å²) in [4.78, 5) is 13.5. The predicted octanol–water partition coefficient (Wildman–Crippen LogP) is 3.55. The molecule has 2 aliphatic rings. The summed E-state index contributed by atoms with van der Waals surface area (Å²) in [5.41, 5.74) is 1.04. The van der Waals surface area contributed by atoms with Crippen LogP contribution < -0.4 is 19.5 Å². The van der Waals surface area contributed by atoms with Crippen LogP contribution in [0.1, 0.15) is 22.1 Å². The van der Waals surface area contributed by atoms with E-state index in [2.05, 4.69) is 5.32 Å². The molecule has 0 saturated heterocycles. The zero-order valence-electron chi connectivity index (χ0n) is 14.2. The number of nitrogens with one attached hydrogen (secondary N) is 1. The Bertz CT molecular complexity index is 901. The molecule has 0 aromatic heterocycles. The van der Waals surface area contributed by atoms with Crippen LogP contribution in [0.15, 0.2) is 36.4 Å². The van der Waals surface area contributed by atoms with Crippen molar-refractivity contribution < 1.29 is 32.2 Å². The van der Waals surface area contributed by atoms with E-state index in [-0.39, 0.29) is 12.4 Å². The molecule has 142 valence electrons. The van der Waals surface area contributed by atoms with Gasteiger partial charge in [0.2, 0.25) is 12.5 Å². The van der Waals surface area contributed by atoms with Crippen LogP contribution in [0.2, 0.25) is 0 Å². The van der Waals surface area contributed by atoms with Gasteiger partial charge in [0.1, 0.15) is 12.7 Å². The van der Waals surface area contributed by atoms with E-state index in [1.165, 1.54) is 19.2 Å². The first-order valence-corrected chi connectivity index (χ1v) is 8.08. The second-order valence-electron chi connectivity index (χ2n) is 6.10. The first kappa shape index (κ1) is 17.3. The standard InChI is InChI=1S/C18H15F3N2O4/c1-25-13-6-10(7-14-15(13)27-9-26-14)16-22-12-5-3-2-4-11(12)17(24)23(16)8-18(19,20)21/h2-7,16,22H,8-9H2,1H3/t16-/m0/s1. The Labute approximate surface area is 152 Å². The molecular weight excluding hydrogens is 365 g/mol. The molecular formula is C18H15F3N2O4. The summed E-state index contributed by atoms with van der Waals surface area (Å²) < 4.78 is 55.4. The minimum Gasteiger partial charge on any atom is -0.493 e. The fourth-order valence-corrected chi connectivity index (χ4v) is 3.22. The fourth-order valence-electron chi connectivity index (χ4n) is 3.22. The minimum absolute atomic E-state index is 0.0126. The normalized spacial score (nSPS) is 18.1. The number of alkyl halides is 3. The molecule has 2 aliphatic heterocycles. The van der Waals surface area contributed by atoms with Crippen LogP contribution in [0.25, 0.3) is 0 Å². The molecule has 9 heteroatoms. The summed E-state index contributed by atoms with van der Waals surface area (Å²) in [6.45, 7) is -1.41. The summed E-state index contributed by atoms with van der Waals surface area (Å²) in [5, 5.41) is 3.01. The largest absolute Gasteiger partial charge is 0.493 e. The van der Waals surface area contributed by atoms with E-state index in [1.807, 2.05) is 0 Å². The third-order valence-corrected chi connectivity index (χ3v) is 4.37. The van der Waals surface area contributed by atoms with Crippen LogP contribution in [-0.4, -0.2) is 37.4 Å². The van der Waals surface area contributed by atoms with E-state index in [1.54, 1.807) is 24.3 Å². The van der Waals surface area contributed by atoms with Crippen molar-refractivity contribution in [2.24, 2.45) is 0 Å². The van der Waals surface area contributed by atoms with Crippen molar-refractivity contribution in [3.05, 3.63) is 47.5 Å². The van der Waals surface area contributed by atoms with Crippen LogP contribution in [0.5, 0.6) is 17.2 Å². The maximum Gasteiger partial charge on any atom is 0.406 e. The quantitative estimate of drug-likeness (QED) is 0.883. The number of fused-ring (bicyclic) bond motifs is 2. The van der Waals surface area contributed by atoms with Gasteiger partial charge >= 0.3 is 6.18 Å². The van der Waals surface area contributed by atoms with E-state index >= 15 is 0 Å². The molecule has 2 heterocycles. The molecule has 0 spiro atoms. The molecule has 1 N–H and O–H groups in total. The minimum atomic E-state index is -4.55. The molecule has 0 radical (unpaired) electrons. The Kier molecular flexibility index (Phi) is 4.01. The molecule has 1 atom stereocenters. The topological polar surface area (TPSA) is 60.0 Å². The van der Waals surface area contributed by atoms with Gasteiger partial charge in [0, 0.05) is 11.3 Å². The number of anilines is 1. The number of hydrogen-bond acceptors (Lipinski definition) is 5. The number of carbonyl (C=O) groups excluding carboxylic acids is 1. The number of amides is 1. The van der Waals surface area contributed by atoms with E-state index in [0.29, 0.717) is 28.5 Å². The van der Waals surface area contributed by atoms with Crippen molar-refractivity contribution in [1.82, 2.24) is 4.90 Å². The number of hydrogen-bond donors (Lipinski definition) is 1. The molecule has 2 aromatic rings. The fraction of sp³-hybridized carbons (Fsp3) is 0.278. The van der Waals surface area contributed by atoms with Gasteiger partial charge in [-0.1, -0.05) is 12.1 Å². The molecule has 1 amide bonds. The Morgan fingerprint density at radius 1 is 1.26 bits per heavy atom. The maximum absolute atomic E-state index is 13.2. The van der Waals surface area contributed by atoms with Gasteiger partial charge in [0.25, 0.3) is 5.91 Å². The van der Waals surface area contributed by atoms with Crippen LogP contribution in [0.4, 0.5) is 18.9 Å². The number of para-hydroxylation sites is 1. The SMILES string of the molecule is COc1cc([C@H]2Nc3ccccc3C(=O)N2CC(F)(F)F)cc2c1OCO2. The van der Waals surface area contributed by atoms with Gasteiger partial charge in [0.05, 0.1) is 12.7 Å². The van der Waals surface area contributed by atoms with Gasteiger partial charge in [0.15, 0.2) is 11.5 Å². The number of carbonyl (C=O) groups is 1. The maximum atomic E-state index is 13.2. The highest BCUT2D eigenvalue weighted by molar-refractivity contribution is 6.01. The monoisotopic (exact) mass is 380 g/mol. The highest BCUT2D eigenvalue weighted by atomic mass is 19.4. The first-order chi connectivity index (χ1) is 12.9. The van der Waals surface area contributed by atoms with Gasteiger partial charge in [-0.3, -0.25) is 4.79 Å². The van der Waals surface area contributed by atoms with Crippen LogP contribution in [-0.2, 0) is 0 Å². The second-order valence-corrected chi connectivity index (χ2v) is 6.10. The summed E-state index contributed by atoms with van der Waals surface area (Å²) in [7, 11) is 1.42. The number of nitrogens with zero attached hydrogens (tertiary/aromatic N) is 1. The van der Waals surface area contributed by atoms with Gasteiger partial charge in [-0.05, 0) is 24.3 Å². The van der Waals surface area contributed by atoms with E-state index in [9.17, 15) is 18.0 Å². The predicted molar refractivity (Wildman–Crippen MR) is 89.0 cm³/mol. The number of benzene rings is 2. The number of methoxy groups -OCH3 is 1. The first-order valence-electron chi connectivity index (χ1n) is 8.08. The molecule has 0 bridgehead atoms. The Morgan fingerprint density at radius 3 is 2.78 bits per heavy atom. The molecule has 4 rings (SSSR count). The molecule has 0 saturated carbocycles. The van der Waals surface area contributed by atoms with Gasteiger partial charge in [-0.2, -0.15) is 13.2 Å². The van der Waals surface area contributed by atoms with Crippen LogP contribution in [0.3, 0.4) is 0 Å². The van der Waals surface area contributed by atoms with Crippen molar-refractivity contribution >= 4 is 11.6 Å². The van der Waals surface area contributed by atoms with Crippen molar-refractivity contribution in [3.63, 3.8) is 0 Å². The lowest BCUT2D eigenvalue weighted by atomic mass is 10.0.